The summed E-state index contributed by atoms with van der Waals surface area (Å²) in [5.74, 6) is -8.11. The van der Waals surface area contributed by atoms with Gasteiger partial charge in [-0.25, -0.2) is 26.3 Å². The van der Waals surface area contributed by atoms with Crippen molar-refractivity contribution in [2.45, 2.75) is 9.79 Å². The summed E-state index contributed by atoms with van der Waals surface area (Å²) < 4.78 is 86.0. The average molecular weight is 956 g/mol. The van der Waals surface area contributed by atoms with Gasteiger partial charge in [0.25, 0.3) is 0 Å². The summed E-state index contributed by atoms with van der Waals surface area (Å²) in [7, 11) is 0. The number of anilines is 7. The molecule has 0 atom stereocenters. The monoisotopic (exact) mass is 955 g/mol. The van der Waals surface area contributed by atoms with Gasteiger partial charge in [-0.05, 0) is 147 Å². The normalized spacial score (nSPS) is 11.4. The number of rotatable bonds is 11. The van der Waals surface area contributed by atoms with Crippen LogP contribution in [0.25, 0.3) is 54.9 Å². The molecular weight excluding hydrogens is 917 g/mol. The highest BCUT2D eigenvalue weighted by Crippen LogP contribution is 2.41. The Bertz CT molecular complexity index is 3500. The first-order valence-electron chi connectivity index (χ1n) is 21.7. The number of nitrogens with zero attached hydrogens (tertiary/aromatic N) is 2. The van der Waals surface area contributed by atoms with Crippen molar-refractivity contribution >= 4 is 84.9 Å². The predicted octanol–water partition coefficient (Wildman–Crippen LogP) is 17.8. The van der Waals surface area contributed by atoms with Crippen LogP contribution in [0.2, 0.25) is 0 Å². The van der Waals surface area contributed by atoms with E-state index >= 15 is 0 Å². The van der Waals surface area contributed by atoms with Crippen LogP contribution in [-0.2, 0) is 0 Å². The Labute approximate surface area is 403 Å². The van der Waals surface area contributed by atoms with E-state index in [4.69, 9.17) is 5.73 Å². The van der Waals surface area contributed by atoms with E-state index in [1.54, 1.807) is 33.3 Å². The maximum absolute atomic E-state index is 14.5. The highest BCUT2D eigenvalue weighted by molar-refractivity contribution is 7.98. The fraction of sp³-hybridized carbons (Fsp3) is 0.0345. The van der Waals surface area contributed by atoms with Crippen LogP contribution in [-0.4, -0.2) is 12.5 Å². The molecule has 0 aromatic heterocycles. The lowest BCUT2D eigenvalue weighted by Gasteiger charge is -2.26. The van der Waals surface area contributed by atoms with Crippen LogP contribution in [0, 0.1) is 34.9 Å². The second kappa shape index (κ2) is 18.8. The molecule has 0 saturated carbocycles. The first-order valence-corrected chi connectivity index (χ1v) is 24.2. The van der Waals surface area contributed by atoms with Gasteiger partial charge in [-0.15, -0.1) is 23.5 Å². The molecule has 340 valence electrons. The molecule has 10 aromatic carbocycles. The summed E-state index contributed by atoms with van der Waals surface area (Å²) in [6.07, 6.45) is 3.92. The molecule has 0 saturated heterocycles. The van der Waals surface area contributed by atoms with Crippen LogP contribution >= 0.6 is 23.5 Å². The van der Waals surface area contributed by atoms with Gasteiger partial charge >= 0.3 is 0 Å². The van der Waals surface area contributed by atoms with Crippen LogP contribution in [0.1, 0.15) is 0 Å². The van der Waals surface area contributed by atoms with E-state index in [1.165, 1.54) is 0 Å². The minimum absolute atomic E-state index is 0.148. The molecule has 10 aromatic rings. The predicted molar refractivity (Wildman–Crippen MR) is 275 cm³/mol. The Balaban J connectivity index is 0.900. The van der Waals surface area contributed by atoms with E-state index in [-0.39, 0.29) is 11.4 Å². The lowest BCUT2D eigenvalue weighted by molar-refractivity contribution is 0.447. The second-order valence-corrected chi connectivity index (χ2v) is 18.1. The number of nitrogen functional groups attached to an aromatic ring is 1. The number of hydrogen-bond donors (Lipinski definition) is 1. The molecule has 3 nitrogen and oxygen atoms in total. The first kappa shape index (κ1) is 45.2. The molecule has 0 aliphatic heterocycles. The van der Waals surface area contributed by atoms with Gasteiger partial charge < -0.3 is 15.5 Å². The van der Waals surface area contributed by atoms with Crippen LogP contribution in [0.4, 0.5) is 66.2 Å². The summed E-state index contributed by atoms with van der Waals surface area (Å²) >= 11 is 3.15. The van der Waals surface area contributed by atoms with Crippen molar-refractivity contribution in [2.24, 2.45) is 0 Å². The number of benzene rings is 10. The quantitative estimate of drug-likeness (QED) is 0.0604. The molecule has 0 amide bonds. The van der Waals surface area contributed by atoms with E-state index in [2.05, 4.69) is 42.5 Å². The molecule has 69 heavy (non-hydrogen) atoms. The number of halogens is 6. The molecule has 10 rings (SSSR count). The molecule has 0 bridgehead atoms. The third-order valence-electron chi connectivity index (χ3n) is 12.2. The SMILES string of the molecule is CSc1ccc(N(c2ccc(-c3ccc4cc(-c5ccc6cc(-c7ccc(N(c8ccc(SC)cc8)c8cc(F)c(F)c(F)c8)cc7)ccc6c5N)ccc4c3)cc2)c2cc(F)c(F)c(F)c2)cc1. The van der Waals surface area contributed by atoms with Crippen molar-refractivity contribution in [1.82, 2.24) is 0 Å². The van der Waals surface area contributed by atoms with Crippen molar-refractivity contribution in [2.75, 3.05) is 28.0 Å². The zero-order chi connectivity index (χ0) is 47.9. The highest BCUT2D eigenvalue weighted by atomic mass is 32.2. The first-order chi connectivity index (χ1) is 33.5. The number of hydrogen-bond acceptors (Lipinski definition) is 5. The summed E-state index contributed by atoms with van der Waals surface area (Å²) in [6.45, 7) is 0. The molecule has 0 unspecified atom stereocenters. The fourth-order valence-corrected chi connectivity index (χ4v) is 9.50. The molecule has 0 fully saturated rings. The number of nitrogens with two attached hydrogens (primary N) is 1. The molecule has 0 radical (unpaired) electrons. The van der Waals surface area contributed by atoms with Crippen LogP contribution < -0.4 is 15.5 Å². The summed E-state index contributed by atoms with van der Waals surface area (Å²) in [6, 6.07) is 57.0. The summed E-state index contributed by atoms with van der Waals surface area (Å²) in [4.78, 5) is 5.42. The van der Waals surface area contributed by atoms with Gasteiger partial charge in [-0.2, -0.15) is 0 Å². The molecular formula is C58H39F6N3S2. The molecule has 11 heteroatoms. The Morgan fingerprint density at radius 2 is 0.667 bits per heavy atom. The third-order valence-corrected chi connectivity index (χ3v) is 13.7. The summed E-state index contributed by atoms with van der Waals surface area (Å²) in [5.41, 5.74) is 16.1. The van der Waals surface area contributed by atoms with Gasteiger partial charge in [0.05, 0.1) is 11.4 Å². The van der Waals surface area contributed by atoms with Gasteiger partial charge in [0.1, 0.15) is 0 Å². The van der Waals surface area contributed by atoms with Gasteiger partial charge in [0.15, 0.2) is 34.9 Å². The van der Waals surface area contributed by atoms with E-state index in [9.17, 15) is 26.3 Å². The van der Waals surface area contributed by atoms with E-state index in [1.807, 2.05) is 134 Å². The van der Waals surface area contributed by atoms with Gasteiger partial charge in [-0.1, -0.05) is 72.8 Å². The Hall–Kier alpha value is -7.60. The standard InChI is InChI=1S/C58H39F6N3S2/c1-68-48-21-17-44(18-22-48)66(46-30-52(59)56(63)53(60)31-46)42-13-7-34(8-14-42)36-3-4-39-29-40(6-5-38(39)27-36)51-26-12-41-28-37(11-25-50(41)58(51)65)35-9-15-43(16-10-35)67(45-19-23-49(69-2)24-20-45)47-32-54(61)57(64)55(62)33-47/h3-33H,65H2,1-2H3. The number of thioether (sulfide) groups is 2. The Morgan fingerprint density at radius 1 is 0.333 bits per heavy atom. The Kier molecular flexibility index (Phi) is 12.3. The second-order valence-electron chi connectivity index (χ2n) is 16.3. The number of fused-ring (bicyclic) bond motifs is 2. The van der Waals surface area contributed by atoms with E-state index < -0.39 is 34.9 Å². The Morgan fingerprint density at radius 3 is 1.09 bits per heavy atom. The van der Waals surface area contributed by atoms with Crippen molar-refractivity contribution in [3.05, 3.63) is 223 Å². The largest absolute Gasteiger partial charge is 0.398 e. The molecule has 0 heterocycles. The molecule has 2 N–H and O–H groups in total. The topological polar surface area (TPSA) is 32.5 Å². The van der Waals surface area contributed by atoms with E-state index in [0.29, 0.717) is 28.4 Å². The minimum Gasteiger partial charge on any atom is -0.398 e. The van der Waals surface area contributed by atoms with Gasteiger partial charge in [-0.3, -0.25) is 0 Å². The maximum Gasteiger partial charge on any atom is 0.194 e. The molecule has 0 aliphatic carbocycles. The third kappa shape index (κ3) is 8.87. The smallest absolute Gasteiger partial charge is 0.194 e. The van der Waals surface area contributed by atoms with Crippen LogP contribution in [0.3, 0.4) is 0 Å². The van der Waals surface area contributed by atoms with Crippen molar-refractivity contribution in [3.63, 3.8) is 0 Å². The zero-order valence-corrected chi connectivity index (χ0v) is 38.6. The van der Waals surface area contributed by atoms with Crippen LogP contribution in [0.5, 0.6) is 0 Å². The zero-order valence-electron chi connectivity index (χ0n) is 37.0. The lowest BCUT2D eigenvalue weighted by atomic mass is 9.94. The van der Waals surface area contributed by atoms with Crippen LogP contribution in [0.15, 0.2) is 198 Å². The van der Waals surface area contributed by atoms with E-state index in [0.717, 1.165) is 89.0 Å². The lowest BCUT2D eigenvalue weighted by Crippen LogP contribution is -2.11. The molecule has 0 aliphatic rings. The van der Waals surface area contributed by atoms with Gasteiger partial charge in [0, 0.05) is 73.4 Å². The minimum atomic E-state index is -1.52. The highest BCUT2D eigenvalue weighted by Gasteiger charge is 2.21. The fourth-order valence-electron chi connectivity index (χ4n) is 8.68. The summed E-state index contributed by atoms with van der Waals surface area (Å²) in [5, 5.41) is 3.90. The maximum atomic E-state index is 14.5. The van der Waals surface area contributed by atoms with Crippen molar-refractivity contribution in [3.8, 4) is 33.4 Å². The van der Waals surface area contributed by atoms with Gasteiger partial charge in [0.2, 0.25) is 0 Å². The average Bonchev–Trinajstić information content (AvgIpc) is 3.38. The van der Waals surface area contributed by atoms with Crippen molar-refractivity contribution in [1.29, 1.82) is 0 Å². The molecule has 0 spiro atoms. The van der Waals surface area contributed by atoms with Crippen molar-refractivity contribution < 1.29 is 26.3 Å².